The quantitative estimate of drug-likeness (QED) is 0.830. The van der Waals surface area contributed by atoms with Crippen molar-refractivity contribution in [1.29, 1.82) is 0 Å². The summed E-state index contributed by atoms with van der Waals surface area (Å²) >= 11 is 11.4. The minimum Gasteiger partial charge on any atom is -0.390 e. The average Bonchev–Trinajstić information content (AvgIpc) is 2.83. The normalized spacial score (nSPS) is 12.4. The van der Waals surface area contributed by atoms with Gasteiger partial charge in [0.05, 0.1) is 34.6 Å². The van der Waals surface area contributed by atoms with Crippen LogP contribution in [0.1, 0.15) is 0 Å². The fourth-order valence-corrected chi connectivity index (χ4v) is 1.78. The molecule has 0 radical (unpaired) electrons. The first-order valence-corrected chi connectivity index (χ1v) is 6.39. The van der Waals surface area contributed by atoms with Gasteiger partial charge in [0, 0.05) is 12.7 Å². The number of aliphatic hydroxyl groups excluding tert-OH is 1. The largest absolute Gasteiger partial charge is 0.390 e. The van der Waals surface area contributed by atoms with Crippen LogP contribution < -0.4 is 5.32 Å². The molecule has 0 spiro atoms. The summed E-state index contributed by atoms with van der Waals surface area (Å²) in [6.45, 7) is 0.384. The number of rotatable bonds is 5. The Bertz CT molecular complexity index is 516. The molecule has 2 aromatic rings. The molecule has 1 aromatic carbocycles. The molecule has 6 heteroatoms. The number of aromatic nitrogens is 2. The maximum atomic E-state index is 9.45. The fourth-order valence-electron chi connectivity index (χ4n) is 1.54. The molecule has 1 aromatic heterocycles. The third-order valence-corrected chi connectivity index (χ3v) is 2.96. The molecule has 18 heavy (non-hydrogen) atoms. The molecule has 0 aliphatic heterocycles. The molecule has 2 rings (SSSR count). The summed E-state index contributed by atoms with van der Waals surface area (Å²) in [5.41, 5.74) is 1.73. The van der Waals surface area contributed by atoms with Crippen LogP contribution in [0.15, 0.2) is 36.7 Å². The van der Waals surface area contributed by atoms with Crippen molar-refractivity contribution in [3.8, 4) is 5.69 Å². The molecule has 1 unspecified atom stereocenters. The monoisotopic (exact) mass is 285 g/mol. The first-order chi connectivity index (χ1) is 8.70. The van der Waals surface area contributed by atoms with E-state index in [1.54, 1.807) is 17.1 Å². The standard InChI is InChI=1S/C12H13Cl2N3O/c13-5-10(18)7-15-11-3-1-2-4-12(11)17-8-9(14)6-16-17/h1-4,6,8,10,15,18H,5,7H2. The van der Waals surface area contributed by atoms with Gasteiger partial charge in [0.25, 0.3) is 0 Å². The second-order valence-electron chi connectivity index (χ2n) is 3.81. The lowest BCUT2D eigenvalue weighted by Crippen LogP contribution is -2.21. The highest BCUT2D eigenvalue weighted by Crippen LogP contribution is 2.20. The SMILES string of the molecule is OC(CCl)CNc1ccccc1-n1cc(Cl)cn1. The van der Waals surface area contributed by atoms with Crippen LogP contribution in [0, 0.1) is 0 Å². The Morgan fingerprint density at radius 1 is 1.39 bits per heavy atom. The van der Waals surface area contributed by atoms with E-state index in [1.807, 2.05) is 24.3 Å². The molecule has 4 nitrogen and oxygen atoms in total. The van der Waals surface area contributed by atoms with Crippen molar-refractivity contribution in [2.45, 2.75) is 6.10 Å². The summed E-state index contributed by atoms with van der Waals surface area (Å²) in [6.07, 6.45) is 2.72. The predicted octanol–water partition coefficient (Wildman–Crippen LogP) is 2.54. The average molecular weight is 286 g/mol. The second-order valence-corrected chi connectivity index (χ2v) is 4.55. The molecule has 96 valence electrons. The Morgan fingerprint density at radius 2 is 2.17 bits per heavy atom. The zero-order valence-electron chi connectivity index (χ0n) is 9.55. The Balaban J connectivity index is 2.20. The topological polar surface area (TPSA) is 50.1 Å². The van der Waals surface area contributed by atoms with Gasteiger partial charge in [0.2, 0.25) is 0 Å². The summed E-state index contributed by atoms with van der Waals surface area (Å²) in [6, 6.07) is 7.64. The number of hydrogen-bond acceptors (Lipinski definition) is 3. The number of alkyl halides is 1. The van der Waals surface area contributed by atoms with Gasteiger partial charge in [-0.05, 0) is 12.1 Å². The molecular formula is C12H13Cl2N3O. The van der Waals surface area contributed by atoms with Crippen LogP contribution in [0.3, 0.4) is 0 Å². The first kappa shape index (κ1) is 13.2. The van der Waals surface area contributed by atoms with Crippen molar-refractivity contribution in [1.82, 2.24) is 9.78 Å². The number of hydrogen-bond donors (Lipinski definition) is 2. The molecule has 0 bridgehead atoms. The van der Waals surface area contributed by atoms with Gasteiger partial charge in [-0.25, -0.2) is 4.68 Å². The zero-order valence-corrected chi connectivity index (χ0v) is 11.1. The second kappa shape index (κ2) is 6.09. The lowest BCUT2D eigenvalue weighted by atomic mass is 10.2. The fraction of sp³-hybridized carbons (Fsp3) is 0.250. The van der Waals surface area contributed by atoms with Crippen LogP contribution >= 0.6 is 23.2 Å². The Kier molecular flexibility index (Phi) is 4.47. The number of halogens is 2. The molecule has 2 N–H and O–H groups in total. The van der Waals surface area contributed by atoms with Crippen LogP contribution in [0.4, 0.5) is 5.69 Å². The minimum atomic E-state index is -0.582. The van der Waals surface area contributed by atoms with Crippen molar-refractivity contribution in [3.63, 3.8) is 0 Å². The third-order valence-electron chi connectivity index (χ3n) is 2.41. The number of nitrogens with one attached hydrogen (secondary N) is 1. The molecule has 1 heterocycles. The van der Waals surface area contributed by atoms with Crippen molar-refractivity contribution < 1.29 is 5.11 Å². The predicted molar refractivity (Wildman–Crippen MR) is 73.8 cm³/mol. The molecule has 0 amide bonds. The highest BCUT2D eigenvalue weighted by molar-refractivity contribution is 6.30. The lowest BCUT2D eigenvalue weighted by molar-refractivity contribution is 0.211. The van der Waals surface area contributed by atoms with Gasteiger partial charge in [-0.15, -0.1) is 11.6 Å². The summed E-state index contributed by atoms with van der Waals surface area (Å²) < 4.78 is 1.68. The number of nitrogens with zero attached hydrogens (tertiary/aromatic N) is 2. The highest BCUT2D eigenvalue weighted by Gasteiger charge is 2.07. The number of para-hydroxylation sites is 2. The maximum absolute atomic E-state index is 9.45. The molecular weight excluding hydrogens is 273 g/mol. The lowest BCUT2D eigenvalue weighted by Gasteiger charge is -2.13. The third kappa shape index (κ3) is 3.16. The van der Waals surface area contributed by atoms with Crippen LogP contribution in [0.2, 0.25) is 5.02 Å². The van der Waals surface area contributed by atoms with Gasteiger partial charge < -0.3 is 10.4 Å². The van der Waals surface area contributed by atoms with Gasteiger partial charge >= 0.3 is 0 Å². The minimum absolute atomic E-state index is 0.197. The summed E-state index contributed by atoms with van der Waals surface area (Å²) in [5.74, 6) is 0.197. The van der Waals surface area contributed by atoms with Crippen molar-refractivity contribution in [2.75, 3.05) is 17.7 Å². The van der Waals surface area contributed by atoms with E-state index in [1.165, 1.54) is 0 Å². The van der Waals surface area contributed by atoms with Crippen LogP contribution in [0.25, 0.3) is 5.69 Å². The number of anilines is 1. The molecule has 0 aliphatic rings. The van der Waals surface area contributed by atoms with E-state index < -0.39 is 6.10 Å². The van der Waals surface area contributed by atoms with E-state index in [0.29, 0.717) is 11.6 Å². The molecule has 0 saturated heterocycles. The van der Waals surface area contributed by atoms with E-state index in [0.717, 1.165) is 11.4 Å². The van der Waals surface area contributed by atoms with E-state index in [2.05, 4.69) is 10.4 Å². The van der Waals surface area contributed by atoms with Gasteiger partial charge in [-0.3, -0.25) is 0 Å². The molecule has 1 atom stereocenters. The van der Waals surface area contributed by atoms with E-state index >= 15 is 0 Å². The maximum Gasteiger partial charge on any atom is 0.0877 e. The Labute approximate surface area is 115 Å². The van der Waals surface area contributed by atoms with Gasteiger partial charge in [0.15, 0.2) is 0 Å². The van der Waals surface area contributed by atoms with Gasteiger partial charge in [-0.1, -0.05) is 23.7 Å². The van der Waals surface area contributed by atoms with Crippen molar-refractivity contribution in [3.05, 3.63) is 41.7 Å². The van der Waals surface area contributed by atoms with Gasteiger partial charge in [0.1, 0.15) is 0 Å². The number of benzene rings is 1. The summed E-state index contributed by atoms with van der Waals surface area (Å²) in [4.78, 5) is 0. The van der Waals surface area contributed by atoms with E-state index in [4.69, 9.17) is 23.2 Å². The van der Waals surface area contributed by atoms with Crippen molar-refractivity contribution >= 4 is 28.9 Å². The van der Waals surface area contributed by atoms with Crippen LogP contribution in [0.5, 0.6) is 0 Å². The molecule has 0 aliphatic carbocycles. The van der Waals surface area contributed by atoms with Gasteiger partial charge in [-0.2, -0.15) is 5.10 Å². The molecule has 0 fully saturated rings. The van der Waals surface area contributed by atoms with E-state index in [-0.39, 0.29) is 5.88 Å². The highest BCUT2D eigenvalue weighted by atomic mass is 35.5. The van der Waals surface area contributed by atoms with Crippen molar-refractivity contribution in [2.24, 2.45) is 0 Å². The molecule has 0 saturated carbocycles. The van der Waals surface area contributed by atoms with Crippen LogP contribution in [-0.4, -0.2) is 33.4 Å². The Hall–Kier alpha value is -1.23. The zero-order chi connectivity index (χ0) is 13.0. The summed E-state index contributed by atoms with van der Waals surface area (Å²) in [7, 11) is 0. The number of aliphatic hydroxyl groups is 1. The Morgan fingerprint density at radius 3 is 2.83 bits per heavy atom. The summed E-state index contributed by atoms with van der Waals surface area (Å²) in [5, 5.41) is 17.3. The smallest absolute Gasteiger partial charge is 0.0877 e. The van der Waals surface area contributed by atoms with Crippen LogP contribution in [-0.2, 0) is 0 Å². The first-order valence-electron chi connectivity index (χ1n) is 5.48. The van der Waals surface area contributed by atoms with E-state index in [9.17, 15) is 5.11 Å².